The zero-order chi connectivity index (χ0) is 26.5. The third kappa shape index (κ3) is 6.25. The van der Waals surface area contributed by atoms with Gasteiger partial charge in [0.25, 0.3) is 5.56 Å². The van der Waals surface area contributed by atoms with Gasteiger partial charge in [-0.05, 0) is 84.5 Å². The Kier molecular flexibility index (Phi) is 8.40. The van der Waals surface area contributed by atoms with Gasteiger partial charge in [-0.3, -0.25) is 9.59 Å². The number of carbonyl (C=O) groups excluding carboxylic acids is 1. The fourth-order valence-electron chi connectivity index (χ4n) is 5.71. The Hall–Kier alpha value is -3.22. The molecular weight excluding hydrogens is 474 g/mol. The third-order valence-corrected chi connectivity index (χ3v) is 7.95. The SMILES string of the molecule is COCCCc1cc(CN(C(=O)[C@H]2CNCCC2c2ccn(C)c(=O)c2)C2CC2)cc(-c2ccccc2)c1. The lowest BCUT2D eigenvalue weighted by atomic mass is 9.80. The van der Waals surface area contributed by atoms with Crippen LogP contribution in [0.5, 0.6) is 0 Å². The number of pyridine rings is 1. The first-order chi connectivity index (χ1) is 18.5. The predicted molar refractivity (Wildman–Crippen MR) is 151 cm³/mol. The summed E-state index contributed by atoms with van der Waals surface area (Å²) >= 11 is 0. The summed E-state index contributed by atoms with van der Waals surface area (Å²) in [5, 5.41) is 3.45. The predicted octanol–water partition coefficient (Wildman–Crippen LogP) is 4.52. The van der Waals surface area contributed by atoms with Crippen LogP contribution in [-0.2, 0) is 29.5 Å². The van der Waals surface area contributed by atoms with Crippen molar-refractivity contribution in [3.05, 3.63) is 93.9 Å². The van der Waals surface area contributed by atoms with E-state index >= 15 is 0 Å². The first-order valence-electron chi connectivity index (χ1n) is 13.9. The van der Waals surface area contributed by atoms with Gasteiger partial charge >= 0.3 is 0 Å². The molecule has 0 bridgehead atoms. The summed E-state index contributed by atoms with van der Waals surface area (Å²) in [7, 11) is 3.50. The maximum Gasteiger partial charge on any atom is 0.250 e. The van der Waals surface area contributed by atoms with Gasteiger partial charge in [0.05, 0.1) is 5.92 Å². The van der Waals surface area contributed by atoms with Crippen molar-refractivity contribution < 1.29 is 9.53 Å². The van der Waals surface area contributed by atoms with E-state index in [1.165, 1.54) is 22.3 Å². The molecule has 1 aromatic heterocycles. The van der Waals surface area contributed by atoms with Crippen molar-refractivity contribution in [3.8, 4) is 11.1 Å². The number of rotatable bonds is 10. The Morgan fingerprint density at radius 3 is 2.55 bits per heavy atom. The Morgan fingerprint density at radius 1 is 1.03 bits per heavy atom. The number of aromatic nitrogens is 1. The van der Waals surface area contributed by atoms with Crippen LogP contribution in [0.1, 0.15) is 48.3 Å². The Balaban J connectivity index is 1.42. The van der Waals surface area contributed by atoms with Crippen LogP contribution in [-0.4, -0.2) is 48.2 Å². The van der Waals surface area contributed by atoms with Crippen molar-refractivity contribution in [2.45, 2.75) is 50.6 Å². The smallest absolute Gasteiger partial charge is 0.250 e. The summed E-state index contributed by atoms with van der Waals surface area (Å²) in [6.07, 6.45) is 6.69. The average Bonchev–Trinajstić information content (AvgIpc) is 3.79. The lowest BCUT2D eigenvalue weighted by Gasteiger charge is -2.36. The topological polar surface area (TPSA) is 63.6 Å². The van der Waals surface area contributed by atoms with E-state index < -0.39 is 0 Å². The van der Waals surface area contributed by atoms with Crippen LogP contribution in [0, 0.1) is 5.92 Å². The van der Waals surface area contributed by atoms with Crippen LogP contribution < -0.4 is 10.9 Å². The lowest BCUT2D eigenvalue weighted by molar-refractivity contribution is -0.138. The minimum atomic E-state index is -0.171. The van der Waals surface area contributed by atoms with Crippen molar-refractivity contribution in [1.82, 2.24) is 14.8 Å². The molecule has 2 aromatic carbocycles. The van der Waals surface area contributed by atoms with Gasteiger partial charge in [-0.25, -0.2) is 0 Å². The minimum Gasteiger partial charge on any atom is -0.385 e. The van der Waals surface area contributed by atoms with Gasteiger partial charge in [-0.15, -0.1) is 0 Å². The van der Waals surface area contributed by atoms with Crippen LogP contribution in [0.15, 0.2) is 71.7 Å². The fourth-order valence-corrected chi connectivity index (χ4v) is 5.71. The van der Waals surface area contributed by atoms with E-state index in [1.54, 1.807) is 24.8 Å². The van der Waals surface area contributed by atoms with Gasteiger partial charge in [-0.1, -0.05) is 42.5 Å². The number of hydrogen-bond acceptors (Lipinski definition) is 4. The number of ether oxygens (including phenoxy) is 1. The van der Waals surface area contributed by atoms with Gasteiger partial charge in [0.1, 0.15) is 0 Å². The van der Waals surface area contributed by atoms with Crippen molar-refractivity contribution in [1.29, 1.82) is 0 Å². The van der Waals surface area contributed by atoms with Crippen molar-refractivity contribution in [3.63, 3.8) is 0 Å². The van der Waals surface area contributed by atoms with Gasteiger partial charge in [0, 0.05) is 52.2 Å². The molecular formula is C32H39N3O3. The number of carbonyl (C=O) groups is 1. The summed E-state index contributed by atoms with van der Waals surface area (Å²) in [5.41, 5.74) is 5.79. The molecule has 1 aliphatic heterocycles. The van der Waals surface area contributed by atoms with E-state index in [0.717, 1.165) is 50.8 Å². The second-order valence-corrected chi connectivity index (χ2v) is 10.8. The zero-order valence-electron chi connectivity index (χ0n) is 22.6. The molecule has 6 nitrogen and oxygen atoms in total. The van der Waals surface area contributed by atoms with Gasteiger partial charge in [-0.2, -0.15) is 0 Å². The number of amides is 1. The van der Waals surface area contributed by atoms with E-state index in [-0.39, 0.29) is 23.3 Å². The first kappa shape index (κ1) is 26.4. The normalized spacial score (nSPS) is 19.3. The number of piperidine rings is 1. The van der Waals surface area contributed by atoms with Crippen molar-refractivity contribution >= 4 is 5.91 Å². The third-order valence-electron chi connectivity index (χ3n) is 7.95. The summed E-state index contributed by atoms with van der Waals surface area (Å²) in [6.45, 7) is 2.85. The van der Waals surface area contributed by atoms with Gasteiger partial charge in [0.15, 0.2) is 0 Å². The molecule has 1 saturated heterocycles. The van der Waals surface area contributed by atoms with Crippen LogP contribution in [0.3, 0.4) is 0 Å². The number of methoxy groups -OCH3 is 1. The van der Waals surface area contributed by atoms with E-state index in [4.69, 9.17) is 4.74 Å². The monoisotopic (exact) mass is 513 g/mol. The van der Waals surface area contributed by atoms with Crippen LogP contribution >= 0.6 is 0 Å². The number of aryl methyl sites for hydroxylation is 2. The molecule has 1 saturated carbocycles. The number of benzene rings is 2. The molecule has 0 spiro atoms. The number of hydrogen-bond donors (Lipinski definition) is 1. The molecule has 5 rings (SSSR count). The Bertz CT molecular complexity index is 1300. The highest BCUT2D eigenvalue weighted by Crippen LogP contribution is 2.36. The Morgan fingerprint density at radius 2 is 1.82 bits per heavy atom. The molecule has 38 heavy (non-hydrogen) atoms. The molecule has 2 heterocycles. The maximum atomic E-state index is 14.2. The number of nitrogens with zero attached hydrogens (tertiary/aromatic N) is 2. The summed E-state index contributed by atoms with van der Waals surface area (Å²) in [5.74, 6) is 0.0884. The van der Waals surface area contributed by atoms with Gasteiger partial charge in [0.2, 0.25) is 5.91 Å². The molecule has 1 N–H and O–H groups in total. The molecule has 200 valence electrons. The molecule has 0 radical (unpaired) electrons. The second-order valence-electron chi connectivity index (χ2n) is 10.8. The van der Waals surface area contributed by atoms with Crippen molar-refractivity contribution in [2.75, 3.05) is 26.8 Å². The summed E-state index contributed by atoms with van der Waals surface area (Å²) < 4.78 is 6.88. The van der Waals surface area contributed by atoms with E-state index in [2.05, 4.69) is 52.7 Å². The highest BCUT2D eigenvalue weighted by molar-refractivity contribution is 5.81. The van der Waals surface area contributed by atoms with Crippen molar-refractivity contribution in [2.24, 2.45) is 13.0 Å². The fraction of sp³-hybridized carbons (Fsp3) is 0.438. The number of nitrogens with one attached hydrogen (secondary N) is 1. The van der Waals surface area contributed by atoms with E-state index in [0.29, 0.717) is 19.1 Å². The minimum absolute atomic E-state index is 0.0231. The average molecular weight is 514 g/mol. The van der Waals surface area contributed by atoms with Crippen LogP contribution in [0.25, 0.3) is 11.1 Å². The second kappa shape index (κ2) is 12.1. The molecule has 3 aromatic rings. The largest absolute Gasteiger partial charge is 0.385 e. The zero-order valence-corrected chi connectivity index (χ0v) is 22.6. The van der Waals surface area contributed by atoms with E-state index in [9.17, 15) is 9.59 Å². The lowest BCUT2D eigenvalue weighted by Crippen LogP contribution is -2.47. The molecule has 1 unspecified atom stereocenters. The summed E-state index contributed by atoms with van der Waals surface area (Å²) in [4.78, 5) is 28.6. The molecule has 6 heteroatoms. The van der Waals surface area contributed by atoms with Crippen LogP contribution in [0.2, 0.25) is 0 Å². The molecule has 1 aliphatic carbocycles. The maximum absolute atomic E-state index is 14.2. The van der Waals surface area contributed by atoms with E-state index in [1.807, 2.05) is 18.3 Å². The molecule has 2 atom stereocenters. The first-order valence-corrected chi connectivity index (χ1v) is 13.9. The quantitative estimate of drug-likeness (QED) is 0.405. The molecule has 2 aliphatic rings. The Labute approximate surface area is 225 Å². The van der Waals surface area contributed by atoms with Crippen LogP contribution in [0.4, 0.5) is 0 Å². The molecule has 2 fully saturated rings. The standard InChI is InChI=1S/C32H39N3O3/c1-34-15-13-26(20-31(34)36)29-12-14-33-21-30(29)32(37)35(28-10-11-28)22-24-17-23(7-6-16-38-2)18-27(19-24)25-8-4-3-5-9-25/h3-5,8-9,13,15,17-20,28-30,33H,6-7,10-12,14,16,21-22H2,1-2H3/t29?,30-/m0/s1. The summed E-state index contributed by atoms with van der Waals surface area (Å²) in [6, 6.07) is 21.3. The highest BCUT2D eigenvalue weighted by atomic mass is 16.5. The van der Waals surface area contributed by atoms with Gasteiger partial charge < -0.3 is 19.5 Å². The molecule has 1 amide bonds. The highest BCUT2D eigenvalue weighted by Gasteiger charge is 2.40.